The normalized spacial score (nSPS) is 11.0. The van der Waals surface area contributed by atoms with Gasteiger partial charge in [-0.3, -0.25) is 4.79 Å². The van der Waals surface area contributed by atoms with Crippen molar-refractivity contribution in [3.05, 3.63) is 108 Å². The third kappa shape index (κ3) is 4.05. The van der Waals surface area contributed by atoms with Crippen LogP contribution in [0.5, 0.6) is 5.75 Å². The van der Waals surface area contributed by atoms with E-state index in [0.29, 0.717) is 11.1 Å². The van der Waals surface area contributed by atoms with Gasteiger partial charge in [-0.1, -0.05) is 60.7 Å². The average molecular weight is 344 g/mol. The predicted molar refractivity (Wildman–Crippen MR) is 98.7 cm³/mol. The molecule has 0 atom stereocenters. The maximum atomic E-state index is 12.5. The van der Waals surface area contributed by atoms with Gasteiger partial charge in [0.05, 0.1) is 11.1 Å². The lowest BCUT2D eigenvalue weighted by atomic mass is 10.1. The second-order valence-corrected chi connectivity index (χ2v) is 5.51. The van der Waals surface area contributed by atoms with Crippen molar-refractivity contribution >= 4 is 17.5 Å². The highest BCUT2D eigenvalue weighted by Crippen LogP contribution is 2.27. The second-order valence-electron chi connectivity index (χ2n) is 5.51. The summed E-state index contributed by atoms with van der Waals surface area (Å²) in [6.07, 6.45) is 1.21. The van der Waals surface area contributed by atoms with Gasteiger partial charge in [-0.05, 0) is 24.3 Å². The van der Waals surface area contributed by atoms with E-state index in [1.807, 2.05) is 0 Å². The molecule has 0 radical (unpaired) electrons. The molecule has 128 valence electrons. The van der Waals surface area contributed by atoms with Gasteiger partial charge in [0.2, 0.25) is 0 Å². The SMILES string of the molecule is O=C(/C=C(\OC(=O)c1ccccc1)c1ccccc1O)c1ccccc1. The molecule has 26 heavy (non-hydrogen) atoms. The van der Waals surface area contributed by atoms with E-state index in [1.54, 1.807) is 78.9 Å². The first-order valence-corrected chi connectivity index (χ1v) is 8.02. The van der Waals surface area contributed by atoms with Crippen LogP contribution in [0.25, 0.3) is 5.76 Å². The highest BCUT2D eigenvalue weighted by atomic mass is 16.5. The summed E-state index contributed by atoms with van der Waals surface area (Å²) < 4.78 is 5.44. The van der Waals surface area contributed by atoms with E-state index in [2.05, 4.69) is 0 Å². The number of rotatable bonds is 5. The lowest BCUT2D eigenvalue weighted by Gasteiger charge is -2.11. The van der Waals surface area contributed by atoms with Crippen LogP contribution in [0.3, 0.4) is 0 Å². The average Bonchev–Trinajstić information content (AvgIpc) is 2.69. The minimum atomic E-state index is -0.610. The fourth-order valence-electron chi connectivity index (χ4n) is 2.38. The molecule has 0 spiro atoms. The molecule has 0 aromatic heterocycles. The smallest absolute Gasteiger partial charge is 0.343 e. The Morgan fingerprint density at radius 2 is 1.27 bits per heavy atom. The number of ketones is 1. The first kappa shape index (κ1) is 17.2. The highest BCUT2D eigenvalue weighted by Gasteiger charge is 2.16. The van der Waals surface area contributed by atoms with E-state index >= 15 is 0 Å². The fourth-order valence-corrected chi connectivity index (χ4v) is 2.38. The number of carbonyl (C=O) groups is 2. The Bertz CT molecular complexity index is 944. The molecule has 0 fully saturated rings. The molecule has 0 heterocycles. The number of hydrogen-bond acceptors (Lipinski definition) is 4. The number of hydrogen-bond donors (Lipinski definition) is 1. The molecule has 0 aliphatic heterocycles. The molecule has 3 rings (SSSR count). The van der Waals surface area contributed by atoms with Crippen LogP contribution in [-0.4, -0.2) is 16.9 Å². The molecule has 4 heteroatoms. The number of allylic oxidation sites excluding steroid dienone is 1. The number of phenolic OH excluding ortho intramolecular Hbond substituents is 1. The summed E-state index contributed by atoms with van der Waals surface area (Å²) in [7, 11) is 0. The Hall–Kier alpha value is -3.66. The van der Waals surface area contributed by atoms with Crippen molar-refractivity contribution in [3.8, 4) is 5.75 Å². The summed E-state index contributed by atoms with van der Waals surface area (Å²) in [6, 6.07) is 23.5. The molecule has 0 unspecified atom stereocenters. The van der Waals surface area contributed by atoms with Gasteiger partial charge in [0.1, 0.15) is 11.5 Å². The molecule has 0 saturated carbocycles. The first-order chi connectivity index (χ1) is 12.6. The number of phenols is 1. The van der Waals surface area contributed by atoms with Crippen molar-refractivity contribution in [1.29, 1.82) is 0 Å². The molecule has 4 nitrogen and oxygen atoms in total. The van der Waals surface area contributed by atoms with Crippen molar-refractivity contribution in [2.45, 2.75) is 0 Å². The van der Waals surface area contributed by atoms with Gasteiger partial charge >= 0.3 is 5.97 Å². The topological polar surface area (TPSA) is 63.6 Å². The molecule has 0 amide bonds. The molecule has 0 aliphatic carbocycles. The monoisotopic (exact) mass is 344 g/mol. The largest absolute Gasteiger partial charge is 0.507 e. The summed E-state index contributed by atoms with van der Waals surface area (Å²) in [5, 5.41) is 10.1. The van der Waals surface area contributed by atoms with Gasteiger partial charge < -0.3 is 9.84 Å². The van der Waals surface area contributed by atoms with E-state index in [1.165, 1.54) is 12.1 Å². The van der Waals surface area contributed by atoms with Gasteiger partial charge in [0.25, 0.3) is 0 Å². The minimum Gasteiger partial charge on any atom is -0.507 e. The Balaban J connectivity index is 1.97. The van der Waals surface area contributed by atoms with Gasteiger partial charge in [-0.25, -0.2) is 4.79 Å². The summed E-state index contributed by atoms with van der Waals surface area (Å²) >= 11 is 0. The maximum Gasteiger partial charge on any atom is 0.343 e. The van der Waals surface area contributed by atoms with Gasteiger partial charge in [0, 0.05) is 11.6 Å². The van der Waals surface area contributed by atoms with Crippen LogP contribution in [0.15, 0.2) is 91.0 Å². The highest BCUT2D eigenvalue weighted by molar-refractivity contribution is 6.09. The van der Waals surface area contributed by atoms with Crippen LogP contribution in [0.1, 0.15) is 26.3 Å². The third-order valence-corrected chi connectivity index (χ3v) is 3.70. The quantitative estimate of drug-likeness (QED) is 0.321. The molecule has 3 aromatic carbocycles. The zero-order valence-corrected chi connectivity index (χ0v) is 13.8. The predicted octanol–water partition coefficient (Wildman–Crippen LogP) is 4.47. The van der Waals surface area contributed by atoms with Crippen LogP contribution in [0.4, 0.5) is 0 Å². The van der Waals surface area contributed by atoms with Crippen LogP contribution in [0.2, 0.25) is 0 Å². The van der Waals surface area contributed by atoms with Crippen LogP contribution < -0.4 is 0 Å². The van der Waals surface area contributed by atoms with Gasteiger partial charge in [0.15, 0.2) is 5.78 Å². The summed E-state index contributed by atoms with van der Waals surface area (Å²) in [5.74, 6) is -1.03. The van der Waals surface area contributed by atoms with Crippen molar-refractivity contribution in [2.24, 2.45) is 0 Å². The number of aromatic hydroxyl groups is 1. The molecular formula is C22H16O4. The van der Waals surface area contributed by atoms with Crippen molar-refractivity contribution in [2.75, 3.05) is 0 Å². The van der Waals surface area contributed by atoms with Crippen molar-refractivity contribution < 1.29 is 19.4 Å². The van der Waals surface area contributed by atoms with Crippen LogP contribution in [0, 0.1) is 0 Å². The van der Waals surface area contributed by atoms with Crippen LogP contribution >= 0.6 is 0 Å². The van der Waals surface area contributed by atoms with Gasteiger partial charge in [-0.2, -0.15) is 0 Å². The summed E-state index contributed by atoms with van der Waals surface area (Å²) in [4.78, 5) is 24.9. The summed E-state index contributed by atoms with van der Waals surface area (Å²) in [6.45, 7) is 0. The number of esters is 1. The lowest BCUT2D eigenvalue weighted by Crippen LogP contribution is -2.06. The molecule has 1 N–H and O–H groups in total. The number of para-hydroxylation sites is 1. The van der Waals surface area contributed by atoms with Gasteiger partial charge in [-0.15, -0.1) is 0 Å². The number of carbonyl (C=O) groups excluding carboxylic acids is 2. The molecule has 0 saturated heterocycles. The van der Waals surface area contributed by atoms with E-state index in [4.69, 9.17) is 4.74 Å². The molecular weight excluding hydrogens is 328 g/mol. The molecule has 0 bridgehead atoms. The number of benzene rings is 3. The van der Waals surface area contributed by atoms with E-state index in [9.17, 15) is 14.7 Å². The summed E-state index contributed by atoms with van der Waals surface area (Å²) in [5.41, 5.74) is 1.07. The third-order valence-electron chi connectivity index (χ3n) is 3.70. The Morgan fingerprint density at radius 3 is 1.88 bits per heavy atom. The lowest BCUT2D eigenvalue weighted by molar-refractivity contribution is 0.0691. The van der Waals surface area contributed by atoms with E-state index in [-0.39, 0.29) is 22.9 Å². The Morgan fingerprint density at radius 1 is 0.731 bits per heavy atom. The Labute approximate surface area is 151 Å². The first-order valence-electron chi connectivity index (χ1n) is 8.02. The maximum absolute atomic E-state index is 12.5. The standard InChI is InChI=1S/C22H16O4/c23-19-14-8-7-13-18(19)21(15-20(24)16-9-3-1-4-10-16)26-22(25)17-11-5-2-6-12-17/h1-15,23H/b21-15-. The van der Waals surface area contributed by atoms with Crippen molar-refractivity contribution in [1.82, 2.24) is 0 Å². The minimum absolute atomic E-state index is 0.00851. The Kier molecular flexibility index (Phi) is 5.25. The zero-order chi connectivity index (χ0) is 18.4. The second kappa shape index (κ2) is 7.94. The van der Waals surface area contributed by atoms with Crippen LogP contribution in [-0.2, 0) is 4.74 Å². The number of ether oxygens (including phenoxy) is 1. The fraction of sp³-hybridized carbons (Fsp3) is 0. The zero-order valence-electron chi connectivity index (χ0n) is 13.8. The van der Waals surface area contributed by atoms with E-state index in [0.717, 1.165) is 0 Å². The van der Waals surface area contributed by atoms with Crippen molar-refractivity contribution in [3.63, 3.8) is 0 Å². The molecule has 3 aromatic rings. The molecule has 0 aliphatic rings. The van der Waals surface area contributed by atoms with E-state index < -0.39 is 5.97 Å².